The first-order valence-corrected chi connectivity index (χ1v) is 5.90. The van der Waals surface area contributed by atoms with Gasteiger partial charge in [0.25, 0.3) is 0 Å². The molecule has 0 aliphatic carbocycles. The third-order valence-electron chi connectivity index (χ3n) is 2.68. The maximum atomic E-state index is 9.52. The van der Waals surface area contributed by atoms with Gasteiger partial charge in [0.1, 0.15) is 12.0 Å². The van der Waals surface area contributed by atoms with Gasteiger partial charge in [0.15, 0.2) is 5.96 Å². The summed E-state index contributed by atoms with van der Waals surface area (Å²) in [6, 6.07) is 1.80. The summed E-state index contributed by atoms with van der Waals surface area (Å²) < 4.78 is 4.76. The summed E-state index contributed by atoms with van der Waals surface area (Å²) >= 11 is 0. The molecule has 0 bridgehead atoms. The number of likely N-dealkylation sites (tertiary alicyclic amines) is 1. The van der Waals surface area contributed by atoms with Crippen LogP contribution in [0, 0.1) is 0 Å². The number of aliphatic hydroxyl groups excluding tert-OH is 1. The third-order valence-corrected chi connectivity index (χ3v) is 2.68. The van der Waals surface area contributed by atoms with Crippen molar-refractivity contribution in [3.63, 3.8) is 0 Å². The van der Waals surface area contributed by atoms with E-state index in [9.17, 15) is 5.11 Å². The molecule has 1 atom stereocenters. The lowest BCUT2D eigenvalue weighted by Crippen LogP contribution is -2.40. The highest BCUT2D eigenvalue weighted by atomic mass is 16.5. The van der Waals surface area contributed by atoms with E-state index in [1.807, 2.05) is 6.92 Å². The zero-order valence-electron chi connectivity index (χ0n) is 9.96. The first kappa shape index (κ1) is 11.9. The molecule has 6 nitrogen and oxygen atoms in total. The van der Waals surface area contributed by atoms with Crippen molar-refractivity contribution in [3.8, 4) is 0 Å². The first-order chi connectivity index (χ1) is 8.29. The van der Waals surface area contributed by atoms with Gasteiger partial charge in [0.05, 0.1) is 12.6 Å². The summed E-state index contributed by atoms with van der Waals surface area (Å²) in [5.74, 6) is 0.826. The van der Waals surface area contributed by atoms with Gasteiger partial charge < -0.3 is 19.8 Å². The molecule has 0 radical (unpaired) electrons. The predicted molar refractivity (Wildman–Crippen MR) is 63.5 cm³/mol. The van der Waals surface area contributed by atoms with Crippen molar-refractivity contribution >= 4 is 5.96 Å². The minimum atomic E-state index is -0.245. The summed E-state index contributed by atoms with van der Waals surface area (Å²) in [7, 11) is 0. The van der Waals surface area contributed by atoms with Crippen LogP contribution < -0.4 is 5.32 Å². The molecule has 2 rings (SSSR count). The van der Waals surface area contributed by atoms with E-state index >= 15 is 0 Å². The van der Waals surface area contributed by atoms with Crippen molar-refractivity contribution in [2.75, 3.05) is 19.6 Å². The number of aliphatic hydroxyl groups is 1. The quantitative estimate of drug-likeness (QED) is 0.581. The van der Waals surface area contributed by atoms with E-state index in [0.29, 0.717) is 13.1 Å². The lowest BCUT2D eigenvalue weighted by Gasteiger charge is -2.20. The average Bonchev–Trinajstić information content (AvgIpc) is 2.95. The van der Waals surface area contributed by atoms with Gasteiger partial charge in [0.2, 0.25) is 0 Å². The standard InChI is InChI=1S/C11H18N4O2/c1-2-12-11(15-5-3-10(16)8-15)13-7-9-4-6-17-14-9/h4,6,10,16H,2-3,5,7-8H2,1H3,(H,12,13)/t10-/m1/s1. The van der Waals surface area contributed by atoms with Crippen molar-refractivity contribution in [2.24, 2.45) is 4.99 Å². The van der Waals surface area contributed by atoms with Crippen LogP contribution in [-0.4, -0.2) is 46.9 Å². The molecule has 0 saturated carbocycles. The summed E-state index contributed by atoms with van der Waals surface area (Å²) in [4.78, 5) is 6.53. The van der Waals surface area contributed by atoms with Gasteiger partial charge in [0, 0.05) is 25.7 Å². The Labute approximate surface area is 100 Å². The predicted octanol–water partition coefficient (Wildman–Crippen LogP) is 0.207. The summed E-state index contributed by atoms with van der Waals surface area (Å²) in [5.41, 5.74) is 0.806. The zero-order chi connectivity index (χ0) is 12.1. The number of hydrogen-bond donors (Lipinski definition) is 2. The van der Waals surface area contributed by atoms with E-state index in [4.69, 9.17) is 4.52 Å². The molecule has 94 valence electrons. The topological polar surface area (TPSA) is 73.9 Å². The van der Waals surface area contributed by atoms with Crippen molar-refractivity contribution in [2.45, 2.75) is 26.0 Å². The Morgan fingerprint density at radius 1 is 1.76 bits per heavy atom. The molecule has 1 aromatic heterocycles. The van der Waals surface area contributed by atoms with Crippen LogP contribution in [-0.2, 0) is 6.54 Å². The molecule has 1 aliphatic rings. The van der Waals surface area contributed by atoms with Gasteiger partial charge in [-0.25, -0.2) is 4.99 Å². The first-order valence-electron chi connectivity index (χ1n) is 5.90. The van der Waals surface area contributed by atoms with Gasteiger partial charge in [-0.2, -0.15) is 0 Å². The second kappa shape index (κ2) is 5.67. The number of β-amino-alcohol motifs (C(OH)–C–C–N with tert-alkyl or cyclic N) is 1. The molecule has 1 aromatic rings. The van der Waals surface area contributed by atoms with E-state index in [0.717, 1.165) is 31.2 Å². The number of aromatic nitrogens is 1. The van der Waals surface area contributed by atoms with E-state index in [1.54, 1.807) is 6.07 Å². The van der Waals surface area contributed by atoms with Crippen molar-refractivity contribution in [3.05, 3.63) is 18.0 Å². The second-order valence-electron chi connectivity index (χ2n) is 4.05. The van der Waals surface area contributed by atoms with Gasteiger partial charge >= 0.3 is 0 Å². The van der Waals surface area contributed by atoms with Crippen molar-refractivity contribution in [1.82, 2.24) is 15.4 Å². The van der Waals surface area contributed by atoms with Crippen LogP contribution >= 0.6 is 0 Å². The van der Waals surface area contributed by atoms with Crippen LogP contribution in [0.15, 0.2) is 21.8 Å². The molecule has 2 heterocycles. The number of guanidine groups is 1. The molecular formula is C11H18N4O2. The number of hydrogen-bond acceptors (Lipinski definition) is 4. The highest BCUT2D eigenvalue weighted by Gasteiger charge is 2.22. The molecule has 1 saturated heterocycles. The van der Waals surface area contributed by atoms with Gasteiger partial charge in [-0.1, -0.05) is 5.16 Å². The lowest BCUT2D eigenvalue weighted by atomic mass is 10.3. The number of aliphatic imine (C=N–C) groups is 1. The fourth-order valence-corrected chi connectivity index (χ4v) is 1.83. The Morgan fingerprint density at radius 3 is 3.24 bits per heavy atom. The van der Waals surface area contributed by atoms with E-state index in [-0.39, 0.29) is 6.10 Å². The monoisotopic (exact) mass is 238 g/mol. The maximum absolute atomic E-state index is 9.52. The summed E-state index contributed by atoms with van der Waals surface area (Å²) in [5, 5.41) is 16.5. The van der Waals surface area contributed by atoms with Gasteiger partial charge in [-0.15, -0.1) is 0 Å². The third kappa shape index (κ3) is 3.20. The number of nitrogens with one attached hydrogen (secondary N) is 1. The second-order valence-corrected chi connectivity index (χ2v) is 4.05. The fraction of sp³-hybridized carbons (Fsp3) is 0.636. The summed E-state index contributed by atoms with van der Waals surface area (Å²) in [6.07, 6.45) is 2.09. The molecular weight excluding hydrogens is 220 g/mol. The Bertz CT molecular complexity index is 364. The van der Waals surface area contributed by atoms with Crippen LogP contribution in [0.25, 0.3) is 0 Å². The molecule has 1 fully saturated rings. The van der Waals surface area contributed by atoms with E-state index < -0.39 is 0 Å². The maximum Gasteiger partial charge on any atom is 0.194 e. The molecule has 2 N–H and O–H groups in total. The van der Waals surface area contributed by atoms with Crippen LogP contribution in [0.5, 0.6) is 0 Å². The van der Waals surface area contributed by atoms with Crippen LogP contribution in [0.1, 0.15) is 19.0 Å². The SMILES string of the molecule is CCNC(=NCc1ccon1)N1CC[C@@H](O)C1. The lowest BCUT2D eigenvalue weighted by molar-refractivity contribution is 0.188. The Morgan fingerprint density at radius 2 is 2.65 bits per heavy atom. The molecule has 0 aromatic carbocycles. The van der Waals surface area contributed by atoms with Crippen LogP contribution in [0.4, 0.5) is 0 Å². The molecule has 0 amide bonds. The largest absolute Gasteiger partial charge is 0.391 e. The molecule has 0 unspecified atom stereocenters. The minimum absolute atomic E-state index is 0.245. The number of nitrogens with zero attached hydrogens (tertiary/aromatic N) is 3. The minimum Gasteiger partial charge on any atom is -0.391 e. The fourth-order valence-electron chi connectivity index (χ4n) is 1.83. The van der Waals surface area contributed by atoms with Crippen LogP contribution in [0.2, 0.25) is 0 Å². The summed E-state index contributed by atoms with van der Waals surface area (Å²) in [6.45, 7) is 4.81. The van der Waals surface area contributed by atoms with E-state index in [2.05, 4.69) is 20.4 Å². The normalized spacial score (nSPS) is 20.9. The smallest absolute Gasteiger partial charge is 0.194 e. The van der Waals surface area contributed by atoms with E-state index in [1.165, 1.54) is 6.26 Å². The Hall–Kier alpha value is -1.56. The van der Waals surface area contributed by atoms with Crippen molar-refractivity contribution < 1.29 is 9.63 Å². The highest BCUT2D eigenvalue weighted by Crippen LogP contribution is 2.09. The molecule has 17 heavy (non-hydrogen) atoms. The van der Waals surface area contributed by atoms with Crippen molar-refractivity contribution in [1.29, 1.82) is 0 Å². The molecule has 0 spiro atoms. The average molecular weight is 238 g/mol. The Balaban J connectivity index is 1.98. The zero-order valence-corrected chi connectivity index (χ0v) is 9.96. The van der Waals surface area contributed by atoms with Crippen LogP contribution in [0.3, 0.4) is 0 Å². The van der Waals surface area contributed by atoms with Gasteiger partial charge in [-0.3, -0.25) is 0 Å². The number of rotatable bonds is 3. The molecule has 1 aliphatic heterocycles. The molecule has 6 heteroatoms. The Kier molecular flexibility index (Phi) is 3.98. The highest BCUT2D eigenvalue weighted by molar-refractivity contribution is 5.80. The van der Waals surface area contributed by atoms with Gasteiger partial charge in [-0.05, 0) is 13.3 Å².